The van der Waals surface area contributed by atoms with Crippen LogP contribution >= 0.6 is 11.3 Å². The number of hydrogen-bond acceptors (Lipinski definition) is 3. The number of thiazole rings is 1. The van der Waals surface area contributed by atoms with Crippen LogP contribution in [0.1, 0.15) is 50.1 Å². The summed E-state index contributed by atoms with van der Waals surface area (Å²) in [4.78, 5) is 4.45. The van der Waals surface area contributed by atoms with E-state index in [9.17, 15) is 0 Å². The van der Waals surface area contributed by atoms with Gasteiger partial charge in [0.15, 0.2) is 0 Å². The van der Waals surface area contributed by atoms with Gasteiger partial charge in [0.05, 0.1) is 6.04 Å². The lowest BCUT2D eigenvalue weighted by atomic mass is 9.94. The molecule has 4 atom stereocenters. The monoisotopic (exact) mass is 236 g/mol. The highest BCUT2D eigenvalue weighted by Gasteiger charge is 2.40. The quantitative estimate of drug-likeness (QED) is 0.867. The number of aromatic nitrogens is 1. The minimum Gasteiger partial charge on any atom is -0.305 e. The zero-order chi connectivity index (χ0) is 11.0. The minimum absolute atomic E-state index is 0.490. The van der Waals surface area contributed by atoms with Crippen molar-refractivity contribution in [3.05, 3.63) is 16.6 Å². The Bertz CT molecular complexity index is 336. The Hall–Kier alpha value is -0.410. The third-order valence-electron chi connectivity index (χ3n) is 4.31. The van der Waals surface area contributed by atoms with Crippen LogP contribution in [0.3, 0.4) is 0 Å². The first kappa shape index (κ1) is 10.7. The van der Waals surface area contributed by atoms with Gasteiger partial charge in [0, 0.05) is 17.6 Å². The highest BCUT2D eigenvalue weighted by molar-refractivity contribution is 7.09. The van der Waals surface area contributed by atoms with Crippen LogP contribution in [0.2, 0.25) is 0 Å². The molecule has 1 aromatic heterocycles. The van der Waals surface area contributed by atoms with Crippen molar-refractivity contribution >= 4 is 11.3 Å². The van der Waals surface area contributed by atoms with Crippen molar-refractivity contribution in [2.75, 3.05) is 0 Å². The SMILES string of the molecule is CCC(NC1CC2CCC1C2)c1nccs1. The summed E-state index contributed by atoms with van der Waals surface area (Å²) in [6.07, 6.45) is 8.90. The van der Waals surface area contributed by atoms with Crippen molar-refractivity contribution in [1.29, 1.82) is 0 Å². The van der Waals surface area contributed by atoms with Gasteiger partial charge in [-0.3, -0.25) is 0 Å². The predicted molar refractivity (Wildman–Crippen MR) is 67.5 cm³/mol. The number of fused-ring (bicyclic) bond motifs is 2. The molecule has 0 saturated heterocycles. The Morgan fingerprint density at radius 3 is 3.00 bits per heavy atom. The zero-order valence-electron chi connectivity index (χ0n) is 9.86. The smallest absolute Gasteiger partial charge is 0.109 e. The van der Waals surface area contributed by atoms with Crippen molar-refractivity contribution in [3.63, 3.8) is 0 Å². The van der Waals surface area contributed by atoms with E-state index in [1.807, 2.05) is 6.20 Å². The highest BCUT2D eigenvalue weighted by atomic mass is 32.1. The number of nitrogens with one attached hydrogen (secondary N) is 1. The number of rotatable bonds is 4. The molecular weight excluding hydrogens is 216 g/mol. The summed E-state index contributed by atoms with van der Waals surface area (Å²) in [5.41, 5.74) is 0. The van der Waals surface area contributed by atoms with Gasteiger partial charge in [0.25, 0.3) is 0 Å². The van der Waals surface area contributed by atoms with Gasteiger partial charge in [0.2, 0.25) is 0 Å². The summed E-state index contributed by atoms with van der Waals surface area (Å²) in [6, 6.07) is 1.26. The number of nitrogens with zero attached hydrogens (tertiary/aromatic N) is 1. The molecule has 2 bridgehead atoms. The fourth-order valence-corrected chi connectivity index (χ4v) is 4.26. The van der Waals surface area contributed by atoms with Gasteiger partial charge in [-0.2, -0.15) is 0 Å². The van der Waals surface area contributed by atoms with E-state index in [1.165, 1.54) is 30.7 Å². The molecule has 2 saturated carbocycles. The zero-order valence-corrected chi connectivity index (χ0v) is 10.7. The molecule has 88 valence electrons. The van der Waals surface area contributed by atoms with Crippen LogP contribution < -0.4 is 5.32 Å². The highest BCUT2D eigenvalue weighted by Crippen LogP contribution is 2.45. The summed E-state index contributed by atoms with van der Waals surface area (Å²) in [5, 5.41) is 7.20. The molecule has 0 spiro atoms. The van der Waals surface area contributed by atoms with Crippen molar-refractivity contribution in [1.82, 2.24) is 10.3 Å². The van der Waals surface area contributed by atoms with Crippen molar-refractivity contribution in [2.24, 2.45) is 11.8 Å². The molecular formula is C13H20N2S. The summed E-state index contributed by atoms with van der Waals surface area (Å²) >= 11 is 1.79. The first-order valence-corrected chi connectivity index (χ1v) is 7.40. The van der Waals surface area contributed by atoms with Crippen molar-refractivity contribution < 1.29 is 0 Å². The molecule has 1 heterocycles. The summed E-state index contributed by atoms with van der Waals surface area (Å²) in [5.74, 6) is 1.98. The van der Waals surface area contributed by atoms with E-state index in [2.05, 4.69) is 22.6 Å². The molecule has 1 aromatic rings. The average Bonchev–Trinajstić information content (AvgIpc) is 3.01. The molecule has 2 nitrogen and oxygen atoms in total. The van der Waals surface area contributed by atoms with Crippen molar-refractivity contribution in [3.8, 4) is 0 Å². The molecule has 0 aromatic carbocycles. The lowest BCUT2D eigenvalue weighted by molar-refractivity contribution is 0.315. The molecule has 4 unspecified atom stereocenters. The molecule has 2 fully saturated rings. The van der Waals surface area contributed by atoms with Crippen LogP contribution in [0.5, 0.6) is 0 Å². The molecule has 16 heavy (non-hydrogen) atoms. The maximum Gasteiger partial charge on any atom is 0.109 e. The molecule has 3 heteroatoms. The van der Waals surface area contributed by atoms with Gasteiger partial charge in [-0.25, -0.2) is 4.98 Å². The lowest BCUT2D eigenvalue weighted by Gasteiger charge is -2.27. The predicted octanol–water partition coefficient (Wildman–Crippen LogP) is 3.37. The largest absolute Gasteiger partial charge is 0.305 e. The van der Waals surface area contributed by atoms with E-state index in [-0.39, 0.29) is 0 Å². The van der Waals surface area contributed by atoms with Crippen LogP contribution in [0.4, 0.5) is 0 Å². The second-order valence-electron chi connectivity index (χ2n) is 5.28. The van der Waals surface area contributed by atoms with Crippen LogP contribution in [-0.2, 0) is 0 Å². The second kappa shape index (κ2) is 4.46. The Morgan fingerprint density at radius 2 is 2.44 bits per heavy atom. The Morgan fingerprint density at radius 1 is 1.50 bits per heavy atom. The van der Waals surface area contributed by atoms with Gasteiger partial charge < -0.3 is 5.32 Å². The molecule has 2 aliphatic rings. The Labute approximate surface area is 101 Å². The third-order valence-corrected chi connectivity index (χ3v) is 5.20. The molecule has 2 aliphatic carbocycles. The van der Waals surface area contributed by atoms with E-state index in [4.69, 9.17) is 0 Å². The van der Waals surface area contributed by atoms with Gasteiger partial charge in [-0.1, -0.05) is 13.3 Å². The van der Waals surface area contributed by atoms with E-state index in [1.54, 1.807) is 11.3 Å². The van der Waals surface area contributed by atoms with Gasteiger partial charge in [-0.05, 0) is 37.5 Å². The maximum atomic E-state index is 4.45. The minimum atomic E-state index is 0.490. The Kier molecular flexibility index (Phi) is 2.99. The molecule has 1 N–H and O–H groups in total. The van der Waals surface area contributed by atoms with E-state index < -0.39 is 0 Å². The van der Waals surface area contributed by atoms with E-state index in [0.29, 0.717) is 6.04 Å². The molecule has 0 radical (unpaired) electrons. The molecule has 0 aliphatic heterocycles. The first-order valence-electron chi connectivity index (χ1n) is 6.52. The fraction of sp³-hybridized carbons (Fsp3) is 0.769. The third kappa shape index (κ3) is 1.91. The summed E-state index contributed by atoms with van der Waals surface area (Å²) < 4.78 is 0. The van der Waals surface area contributed by atoms with E-state index >= 15 is 0 Å². The standard InChI is InChI=1S/C13H20N2S/c1-2-11(13-14-5-6-16-13)15-12-8-9-3-4-10(12)7-9/h5-6,9-12,15H,2-4,7-8H2,1H3. The van der Waals surface area contributed by atoms with Crippen LogP contribution in [-0.4, -0.2) is 11.0 Å². The van der Waals surface area contributed by atoms with Gasteiger partial charge in [-0.15, -0.1) is 11.3 Å². The van der Waals surface area contributed by atoms with Crippen LogP contribution in [0.15, 0.2) is 11.6 Å². The lowest BCUT2D eigenvalue weighted by Crippen LogP contribution is -2.36. The molecule has 0 amide bonds. The van der Waals surface area contributed by atoms with Crippen LogP contribution in [0.25, 0.3) is 0 Å². The maximum absolute atomic E-state index is 4.45. The van der Waals surface area contributed by atoms with Gasteiger partial charge in [0.1, 0.15) is 5.01 Å². The fourth-order valence-electron chi connectivity index (χ4n) is 3.48. The summed E-state index contributed by atoms with van der Waals surface area (Å²) in [6.45, 7) is 2.26. The van der Waals surface area contributed by atoms with Crippen molar-refractivity contribution in [2.45, 2.75) is 51.1 Å². The second-order valence-corrected chi connectivity index (χ2v) is 6.21. The first-order chi connectivity index (χ1) is 7.86. The number of hydrogen-bond donors (Lipinski definition) is 1. The summed E-state index contributed by atoms with van der Waals surface area (Å²) in [7, 11) is 0. The van der Waals surface area contributed by atoms with E-state index in [0.717, 1.165) is 24.3 Å². The molecule has 3 rings (SSSR count). The topological polar surface area (TPSA) is 24.9 Å². The normalized spacial score (nSPS) is 34.4. The van der Waals surface area contributed by atoms with Crippen LogP contribution in [0, 0.1) is 11.8 Å². The average molecular weight is 236 g/mol. The van der Waals surface area contributed by atoms with Gasteiger partial charge >= 0.3 is 0 Å². The Balaban J connectivity index is 1.65.